The number of rotatable bonds is 8. The fourth-order valence-electron chi connectivity index (χ4n) is 5.02. The highest BCUT2D eigenvalue weighted by Gasteiger charge is 2.41. The van der Waals surface area contributed by atoms with Crippen molar-refractivity contribution in [2.24, 2.45) is 5.92 Å². The minimum absolute atomic E-state index is 0.0356. The fourth-order valence-corrected chi connectivity index (χ4v) is 5.02. The average molecular weight is 559 g/mol. The number of methoxy groups -OCH3 is 1. The van der Waals surface area contributed by atoms with Gasteiger partial charge in [-0.25, -0.2) is 36.7 Å². The summed E-state index contributed by atoms with van der Waals surface area (Å²) < 4.78 is 66.3. The van der Waals surface area contributed by atoms with E-state index in [1.54, 1.807) is 33.0 Å². The topological polar surface area (TPSA) is 110 Å². The van der Waals surface area contributed by atoms with Crippen LogP contribution in [-0.2, 0) is 9.47 Å². The number of fused-ring (bicyclic) bond motifs is 1. The molecule has 1 saturated carbocycles. The van der Waals surface area contributed by atoms with Gasteiger partial charge in [-0.1, -0.05) is 0 Å². The van der Waals surface area contributed by atoms with E-state index in [9.17, 15) is 27.2 Å². The van der Waals surface area contributed by atoms with E-state index in [-0.39, 0.29) is 44.8 Å². The van der Waals surface area contributed by atoms with Crippen LogP contribution in [0.2, 0.25) is 0 Å². The van der Waals surface area contributed by atoms with Crippen molar-refractivity contribution in [2.45, 2.75) is 82.5 Å². The van der Waals surface area contributed by atoms with Gasteiger partial charge < -0.3 is 25.0 Å². The minimum atomic E-state index is -2.75. The SMILES string of the molecule is COC[C@H](c1cnn2cc([C@@H](NC(=O)OC(C)(C)C)C3CCC(F)(F)CC3)nc2c1)N1C[C@@H](C(F)F)NC1=O. The number of nitrogens with one attached hydrogen (secondary N) is 2. The number of alkyl carbamates (subject to hydrolysis) is 1. The Labute approximate surface area is 223 Å². The number of ether oxygens (including phenoxy) is 2. The number of hydrogen-bond acceptors (Lipinski definition) is 6. The minimum Gasteiger partial charge on any atom is -0.444 e. The quantitative estimate of drug-likeness (QED) is 0.463. The van der Waals surface area contributed by atoms with Gasteiger partial charge in [-0.3, -0.25) is 0 Å². The van der Waals surface area contributed by atoms with Crippen molar-refractivity contribution in [3.8, 4) is 0 Å². The van der Waals surface area contributed by atoms with Gasteiger partial charge in [-0.05, 0) is 45.6 Å². The molecular formula is C25H34F4N6O4. The van der Waals surface area contributed by atoms with Crippen LogP contribution in [0.1, 0.15) is 69.8 Å². The zero-order valence-electron chi connectivity index (χ0n) is 22.3. The number of urea groups is 1. The number of hydrogen-bond donors (Lipinski definition) is 2. The average Bonchev–Trinajstić information content (AvgIpc) is 3.43. The van der Waals surface area contributed by atoms with Crippen LogP contribution in [0.4, 0.5) is 27.2 Å². The lowest BCUT2D eigenvalue weighted by Gasteiger charge is -2.33. The monoisotopic (exact) mass is 558 g/mol. The van der Waals surface area contributed by atoms with Crippen molar-refractivity contribution in [3.63, 3.8) is 0 Å². The van der Waals surface area contributed by atoms with E-state index in [1.807, 2.05) is 0 Å². The Morgan fingerprint density at radius 3 is 2.56 bits per heavy atom. The van der Waals surface area contributed by atoms with E-state index in [2.05, 4.69) is 20.7 Å². The molecule has 0 radical (unpaired) electrons. The van der Waals surface area contributed by atoms with Gasteiger partial charge in [0.15, 0.2) is 5.65 Å². The fraction of sp³-hybridized carbons (Fsp3) is 0.680. The van der Waals surface area contributed by atoms with E-state index in [4.69, 9.17) is 9.47 Å². The molecule has 1 aliphatic heterocycles. The van der Waals surface area contributed by atoms with Crippen LogP contribution in [-0.4, -0.2) is 75.9 Å². The highest BCUT2D eigenvalue weighted by atomic mass is 19.3. The number of carbonyl (C=O) groups is 2. The third-order valence-electron chi connectivity index (χ3n) is 6.94. The highest BCUT2D eigenvalue weighted by Crippen LogP contribution is 2.41. The summed E-state index contributed by atoms with van der Waals surface area (Å²) in [6, 6.07) is -1.68. The first-order chi connectivity index (χ1) is 18.3. The van der Waals surface area contributed by atoms with Crippen LogP contribution in [0, 0.1) is 5.92 Å². The second-order valence-electron chi connectivity index (χ2n) is 11.1. The number of imidazole rings is 1. The van der Waals surface area contributed by atoms with Crippen molar-refractivity contribution in [2.75, 3.05) is 20.3 Å². The number of amides is 3. The first-order valence-electron chi connectivity index (χ1n) is 12.8. The largest absolute Gasteiger partial charge is 0.444 e. The van der Waals surface area contributed by atoms with Crippen molar-refractivity contribution in [3.05, 3.63) is 29.7 Å². The summed E-state index contributed by atoms with van der Waals surface area (Å²) in [6.45, 7) is 5.00. The van der Waals surface area contributed by atoms with Crippen molar-refractivity contribution in [1.29, 1.82) is 0 Å². The summed E-state index contributed by atoms with van der Waals surface area (Å²) in [6.07, 6.45) is -0.531. The molecule has 3 amide bonds. The number of carbonyl (C=O) groups excluding carboxylic acids is 2. The van der Waals surface area contributed by atoms with E-state index in [0.717, 1.165) is 0 Å². The van der Waals surface area contributed by atoms with Crippen molar-refractivity contribution >= 4 is 17.8 Å². The van der Waals surface area contributed by atoms with Crippen molar-refractivity contribution < 1.29 is 36.6 Å². The summed E-state index contributed by atoms with van der Waals surface area (Å²) in [5, 5.41) is 9.46. The number of aromatic nitrogens is 3. The van der Waals surface area contributed by atoms with E-state index >= 15 is 0 Å². The molecule has 0 aromatic carbocycles. The number of halogens is 4. The molecule has 2 aromatic rings. The molecule has 2 N–H and O–H groups in total. The van der Waals surface area contributed by atoms with Crippen LogP contribution >= 0.6 is 0 Å². The molecule has 0 bridgehead atoms. The zero-order chi connectivity index (χ0) is 28.5. The molecule has 216 valence electrons. The first kappa shape index (κ1) is 28.8. The Kier molecular flexibility index (Phi) is 8.24. The molecule has 2 aromatic heterocycles. The van der Waals surface area contributed by atoms with Crippen LogP contribution in [0.15, 0.2) is 18.5 Å². The third kappa shape index (κ3) is 6.89. The van der Waals surface area contributed by atoms with Gasteiger partial charge >= 0.3 is 12.1 Å². The Bertz CT molecular complexity index is 1180. The van der Waals surface area contributed by atoms with Gasteiger partial charge in [0.05, 0.1) is 36.8 Å². The molecule has 2 fully saturated rings. The number of alkyl halides is 4. The van der Waals surface area contributed by atoms with Crippen LogP contribution in [0.5, 0.6) is 0 Å². The Morgan fingerprint density at radius 2 is 1.97 bits per heavy atom. The molecule has 2 aliphatic rings. The molecule has 4 rings (SSSR count). The summed E-state index contributed by atoms with van der Waals surface area (Å²) in [7, 11) is 1.44. The second-order valence-corrected chi connectivity index (χ2v) is 11.1. The maximum Gasteiger partial charge on any atom is 0.408 e. The molecule has 10 nitrogen and oxygen atoms in total. The maximum absolute atomic E-state index is 13.9. The summed E-state index contributed by atoms with van der Waals surface area (Å²) in [5.74, 6) is -3.05. The molecule has 3 heterocycles. The smallest absolute Gasteiger partial charge is 0.408 e. The molecule has 0 spiro atoms. The summed E-state index contributed by atoms with van der Waals surface area (Å²) in [5.41, 5.74) is 0.539. The molecule has 3 atom stereocenters. The molecular weight excluding hydrogens is 524 g/mol. The van der Waals surface area contributed by atoms with Crippen LogP contribution in [0.25, 0.3) is 5.65 Å². The van der Waals surface area contributed by atoms with Crippen molar-refractivity contribution in [1.82, 2.24) is 30.1 Å². The highest BCUT2D eigenvalue weighted by molar-refractivity contribution is 5.77. The third-order valence-corrected chi connectivity index (χ3v) is 6.94. The van der Waals surface area contributed by atoms with Gasteiger partial charge in [-0.15, -0.1) is 0 Å². The molecule has 1 saturated heterocycles. The summed E-state index contributed by atoms with van der Waals surface area (Å²) in [4.78, 5) is 31.0. The lowest BCUT2D eigenvalue weighted by molar-refractivity contribution is -0.0500. The molecule has 14 heteroatoms. The first-order valence-corrected chi connectivity index (χ1v) is 12.8. The lowest BCUT2D eigenvalue weighted by atomic mass is 9.81. The Hall–Kier alpha value is -3.16. The lowest BCUT2D eigenvalue weighted by Crippen LogP contribution is -2.40. The molecule has 0 unspecified atom stereocenters. The predicted octanol–water partition coefficient (Wildman–Crippen LogP) is 4.47. The van der Waals surface area contributed by atoms with E-state index in [1.165, 1.54) is 22.7 Å². The van der Waals surface area contributed by atoms with Gasteiger partial charge in [0.2, 0.25) is 5.92 Å². The van der Waals surface area contributed by atoms with Gasteiger partial charge in [0, 0.05) is 32.1 Å². The van der Waals surface area contributed by atoms with Crippen LogP contribution < -0.4 is 10.6 Å². The van der Waals surface area contributed by atoms with Gasteiger partial charge in [-0.2, -0.15) is 5.10 Å². The number of nitrogens with zero attached hydrogens (tertiary/aromatic N) is 4. The normalized spacial score (nSPS) is 21.7. The van der Waals surface area contributed by atoms with E-state index in [0.29, 0.717) is 16.9 Å². The zero-order valence-corrected chi connectivity index (χ0v) is 22.3. The standard InChI is InChI=1S/C25H34F4N6O4/c1-24(2,3)39-23(37)33-20(14-5-7-25(28,29)8-6-14)16-12-35-19(31-16)9-15(10-30-35)18(13-38-4)34-11-17(21(26)27)32-22(34)36/h9-10,12,14,17-18,20-21H,5-8,11,13H2,1-4H3,(H,32,36)(H,33,37)/t17-,18+,20-/m0/s1. The van der Waals surface area contributed by atoms with Gasteiger partial charge in [0.1, 0.15) is 11.6 Å². The Balaban J connectivity index is 1.63. The van der Waals surface area contributed by atoms with Gasteiger partial charge in [0.25, 0.3) is 6.43 Å². The molecule has 1 aliphatic carbocycles. The van der Waals surface area contributed by atoms with Crippen LogP contribution in [0.3, 0.4) is 0 Å². The summed E-state index contributed by atoms with van der Waals surface area (Å²) >= 11 is 0. The second kappa shape index (κ2) is 11.1. The van der Waals surface area contributed by atoms with E-state index < -0.39 is 48.2 Å². The Morgan fingerprint density at radius 1 is 1.28 bits per heavy atom. The predicted molar refractivity (Wildman–Crippen MR) is 132 cm³/mol. The maximum atomic E-state index is 13.9. The molecule has 39 heavy (non-hydrogen) atoms.